The molecule has 9 heteroatoms. The van der Waals surface area contributed by atoms with E-state index in [9.17, 15) is 14.4 Å². The number of halogens is 1. The van der Waals surface area contributed by atoms with Crippen molar-refractivity contribution in [2.24, 2.45) is 0 Å². The molecule has 1 atom stereocenters. The van der Waals surface area contributed by atoms with E-state index in [1.165, 1.54) is 0 Å². The molecule has 0 aliphatic rings. The van der Waals surface area contributed by atoms with Crippen LogP contribution in [-0.4, -0.2) is 67.2 Å². The fourth-order valence-electron chi connectivity index (χ4n) is 1.77. The van der Waals surface area contributed by atoms with Crippen LogP contribution in [0.15, 0.2) is 0 Å². The van der Waals surface area contributed by atoms with Crippen molar-refractivity contribution in [1.82, 2.24) is 10.6 Å². The third-order valence-corrected chi connectivity index (χ3v) is 3.46. The number of hydrogen-bond acceptors (Lipinski definition) is 5. The number of carbonyl (C=O) groups is 3. The topological polar surface area (TPSA) is 114 Å². The van der Waals surface area contributed by atoms with Crippen molar-refractivity contribution in [3.8, 4) is 0 Å². The van der Waals surface area contributed by atoms with E-state index in [1.54, 1.807) is 0 Å². The minimum Gasteiger partial charge on any atom is -0.480 e. The van der Waals surface area contributed by atoms with E-state index in [2.05, 4.69) is 26.6 Å². The summed E-state index contributed by atoms with van der Waals surface area (Å²) in [6.45, 7) is 3.62. The number of alkyl halides is 1. The minimum atomic E-state index is -1.08. The van der Waals surface area contributed by atoms with Crippen LogP contribution in [-0.2, 0) is 23.9 Å². The highest BCUT2D eigenvalue weighted by Crippen LogP contribution is 2.01. The van der Waals surface area contributed by atoms with Crippen LogP contribution in [0.5, 0.6) is 0 Å². The summed E-state index contributed by atoms with van der Waals surface area (Å²) in [5.41, 5.74) is 0. The highest BCUT2D eigenvalue weighted by molar-refractivity contribution is 9.09. The molecule has 24 heavy (non-hydrogen) atoms. The lowest BCUT2D eigenvalue weighted by Crippen LogP contribution is -2.42. The molecule has 0 aliphatic heterocycles. The van der Waals surface area contributed by atoms with Crippen LogP contribution in [0.25, 0.3) is 0 Å². The quantitative estimate of drug-likeness (QED) is 0.270. The molecular formula is C15H27BrN2O6. The first kappa shape index (κ1) is 22.8. The standard InChI is InChI=1S/C15H27BrN2O6/c1-2-7-23-8-9-24-11-14(20)18-12(15(21)22)5-3-4-6-17-13(19)10-16/h12H,2-11H2,1H3,(H,17,19)(H,18,20)(H,21,22)/t12-/m1/s1. The second kappa shape index (κ2) is 15.3. The second-order valence-electron chi connectivity index (χ2n) is 5.10. The SMILES string of the molecule is CCCOCCOCC(=O)N[C@H](CCCCNC(=O)CBr)C(=O)O. The molecule has 0 radical (unpaired) electrons. The summed E-state index contributed by atoms with van der Waals surface area (Å²) in [5.74, 6) is -1.66. The average molecular weight is 411 g/mol. The number of carbonyl (C=O) groups excluding carboxylic acids is 2. The number of carboxylic acids is 1. The lowest BCUT2D eigenvalue weighted by atomic mass is 10.1. The molecule has 0 rings (SSSR count). The number of aliphatic carboxylic acids is 1. The summed E-state index contributed by atoms with van der Waals surface area (Å²) < 4.78 is 10.3. The van der Waals surface area contributed by atoms with Gasteiger partial charge in [-0.3, -0.25) is 9.59 Å². The van der Waals surface area contributed by atoms with Gasteiger partial charge < -0.3 is 25.2 Å². The van der Waals surface area contributed by atoms with Crippen LogP contribution in [0, 0.1) is 0 Å². The minimum absolute atomic E-state index is 0.113. The van der Waals surface area contributed by atoms with Crippen molar-refractivity contribution in [3.63, 3.8) is 0 Å². The van der Waals surface area contributed by atoms with Crippen LogP contribution < -0.4 is 10.6 Å². The Labute approximate surface area is 150 Å². The Bertz CT molecular complexity index is 381. The summed E-state index contributed by atoms with van der Waals surface area (Å²) in [6.07, 6.45) is 2.43. The molecule has 0 aliphatic carbocycles. The van der Waals surface area contributed by atoms with Gasteiger partial charge in [0.2, 0.25) is 11.8 Å². The van der Waals surface area contributed by atoms with Gasteiger partial charge >= 0.3 is 5.97 Å². The molecule has 0 aromatic rings. The number of unbranched alkanes of at least 4 members (excludes halogenated alkanes) is 1. The third kappa shape index (κ3) is 13.3. The van der Waals surface area contributed by atoms with E-state index >= 15 is 0 Å². The number of hydrogen-bond donors (Lipinski definition) is 3. The zero-order valence-electron chi connectivity index (χ0n) is 14.0. The Kier molecular flexibility index (Phi) is 14.6. The van der Waals surface area contributed by atoms with Crippen LogP contribution in [0.3, 0.4) is 0 Å². The Morgan fingerprint density at radius 3 is 2.42 bits per heavy atom. The lowest BCUT2D eigenvalue weighted by Gasteiger charge is -2.14. The van der Waals surface area contributed by atoms with Crippen LogP contribution >= 0.6 is 15.9 Å². The second-order valence-corrected chi connectivity index (χ2v) is 5.66. The Hall–Kier alpha value is -1.19. The summed E-state index contributed by atoms with van der Waals surface area (Å²) in [5, 5.41) is 14.5. The van der Waals surface area contributed by atoms with Crippen molar-refractivity contribution in [3.05, 3.63) is 0 Å². The highest BCUT2D eigenvalue weighted by atomic mass is 79.9. The Morgan fingerprint density at radius 1 is 1.08 bits per heavy atom. The van der Waals surface area contributed by atoms with Crippen molar-refractivity contribution in [1.29, 1.82) is 0 Å². The maximum atomic E-state index is 11.7. The monoisotopic (exact) mass is 410 g/mol. The molecule has 0 saturated carbocycles. The predicted octanol–water partition coefficient (Wildman–Crippen LogP) is 0.680. The summed E-state index contributed by atoms with van der Waals surface area (Å²) >= 11 is 3.03. The molecule has 0 spiro atoms. The average Bonchev–Trinajstić information content (AvgIpc) is 2.56. The number of nitrogens with one attached hydrogen (secondary N) is 2. The highest BCUT2D eigenvalue weighted by Gasteiger charge is 2.19. The first-order valence-electron chi connectivity index (χ1n) is 8.01. The Morgan fingerprint density at radius 2 is 1.79 bits per heavy atom. The fourth-order valence-corrected chi connectivity index (χ4v) is 1.97. The van der Waals surface area contributed by atoms with E-state index < -0.39 is 17.9 Å². The third-order valence-electron chi connectivity index (χ3n) is 2.95. The zero-order chi connectivity index (χ0) is 18.2. The molecule has 140 valence electrons. The van der Waals surface area contributed by atoms with Crippen LogP contribution in [0.2, 0.25) is 0 Å². The maximum Gasteiger partial charge on any atom is 0.326 e. The van der Waals surface area contributed by atoms with Gasteiger partial charge in [-0.1, -0.05) is 22.9 Å². The van der Waals surface area contributed by atoms with Crippen molar-refractivity contribution < 1.29 is 29.0 Å². The molecule has 0 saturated heterocycles. The van der Waals surface area contributed by atoms with Gasteiger partial charge in [0.1, 0.15) is 12.6 Å². The van der Waals surface area contributed by atoms with Gasteiger partial charge in [0, 0.05) is 13.2 Å². The van der Waals surface area contributed by atoms with E-state index in [1.807, 2.05) is 6.92 Å². The van der Waals surface area contributed by atoms with E-state index in [0.29, 0.717) is 45.6 Å². The molecule has 3 N–H and O–H groups in total. The van der Waals surface area contributed by atoms with E-state index in [4.69, 9.17) is 14.6 Å². The fraction of sp³-hybridized carbons (Fsp3) is 0.800. The van der Waals surface area contributed by atoms with Gasteiger partial charge in [0.25, 0.3) is 0 Å². The molecule has 0 aromatic heterocycles. The van der Waals surface area contributed by atoms with Crippen molar-refractivity contribution in [2.75, 3.05) is 38.3 Å². The molecule has 0 unspecified atom stereocenters. The number of ether oxygens (including phenoxy) is 2. The van der Waals surface area contributed by atoms with Gasteiger partial charge in [-0.25, -0.2) is 4.79 Å². The maximum absolute atomic E-state index is 11.7. The molecular weight excluding hydrogens is 384 g/mol. The van der Waals surface area contributed by atoms with Crippen LogP contribution in [0.1, 0.15) is 32.6 Å². The molecule has 0 heterocycles. The van der Waals surface area contributed by atoms with Gasteiger partial charge in [0.15, 0.2) is 0 Å². The predicted molar refractivity (Wildman–Crippen MR) is 92.2 cm³/mol. The number of carboxylic acid groups (broad SMARTS) is 1. The zero-order valence-corrected chi connectivity index (χ0v) is 15.6. The summed E-state index contributed by atoms with van der Waals surface area (Å²) in [6, 6.07) is -0.954. The number of rotatable bonds is 15. The van der Waals surface area contributed by atoms with Crippen molar-refractivity contribution >= 4 is 33.7 Å². The molecule has 8 nitrogen and oxygen atoms in total. The van der Waals surface area contributed by atoms with Gasteiger partial charge in [-0.2, -0.15) is 0 Å². The summed E-state index contributed by atoms with van der Waals surface area (Å²) in [4.78, 5) is 33.8. The van der Waals surface area contributed by atoms with Crippen molar-refractivity contribution in [2.45, 2.75) is 38.6 Å². The van der Waals surface area contributed by atoms with Gasteiger partial charge in [-0.05, 0) is 25.7 Å². The van der Waals surface area contributed by atoms with Gasteiger partial charge in [0.05, 0.1) is 18.5 Å². The smallest absolute Gasteiger partial charge is 0.326 e. The van der Waals surface area contributed by atoms with Gasteiger partial charge in [-0.15, -0.1) is 0 Å². The Balaban J connectivity index is 3.83. The summed E-state index contributed by atoms with van der Waals surface area (Å²) in [7, 11) is 0. The lowest BCUT2D eigenvalue weighted by molar-refractivity contribution is -0.142. The molecule has 2 amide bonds. The molecule has 0 aromatic carbocycles. The molecule has 0 bridgehead atoms. The van der Waals surface area contributed by atoms with E-state index in [-0.39, 0.29) is 17.8 Å². The normalized spacial score (nSPS) is 11.8. The first-order chi connectivity index (χ1) is 11.5. The first-order valence-corrected chi connectivity index (χ1v) is 9.13. The van der Waals surface area contributed by atoms with Crippen LogP contribution in [0.4, 0.5) is 0 Å². The largest absolute Gasteiger partial charge is 0.480 e. The molecule has 0 fully saturated rings. The van der Waals surface area contributed by atoms with E-state index in [0.717, 1.165) is 6.42 Å². The number of amides is 2.